The van der Waals surface area contributed by atoms with Crippen molar-refractivity contribution in [2.24, 2.45) is 0 Å². The van der Waals surface area contributed by atoms with Crippen molar-refractivity contribution in [3.63, 3.8) is 0 Å². The zero-order chi connectivity index (χ0) is 10.8. The highest BCUT2D eigenvalue weighted by molar-refractivity contribution is 5.33. The first-order valence-corrected chi connectivity index (χ1v) is 4.34. The van der Waals surface area contributed by atoms with Crippen LogP contribution in [-0.2, 0) is 0 Å². The van der Waals surface area contributed by atoms with E-state index in [2.05, 4.69) is 26.3 Å². The minimum atomic E-state index is 0.891. The van der Waals surface area contributed by atoms with E-state index in [9.17, 15) is 0 Å². The van der Waals surface area contributed by atoms with Crippen LogP contribution in [0.15, 0.2) is 86.1 Å². The monoisotopic (exact) mass is 184 g/mol. The van der Waals surface area contributed by atoms with Gasteiger partial charge in [0.15, 0.2) is 0 Å². The predicted octanol–water partition coefficient (Wildman–Crippen LogP) is 4.14. The molecule has 0 aliphatic heterocycles. The van der Waals surface area contributed by atoms with Crippen molar-refractivity contribution in [3.8, 4) is 0 Å². The van der Waals surface area contributed by atoms with E-state index >= 15 is 0 Å². The lowest BCUT2D eigenvalue weighted by atomic mass is 10.2. The molecule has 0 heteroatoms. The van der Waals surface area contributed by atoms with Crippen LogP contribution in [0.1, 0.15) is 0 Å². The Morgan fingerprint density at radius 1 is 0.714 bits per heavy atom. The van der Waals surface area contributed by atoms with E-state index in [0.717, 1.165) is 11.1 Å². The Morgan fingerprint density at radius 2 is 1.21 bits per heavy atom. The van der Waals surface area contributed by atoms with Crippen molar-refractivity contribution < 1.29 is 0 Å². The van der Waals surface area contributed by atoms with Gasteiger partial charge in [-0.2, -0.15) is 0 Å². The van der Waals surface area contributed by atoms with Crippen LogP contribution < -0.4 is 0 Å². The van der Waals surface area contributed by atoms with Crippen molar-refractivity contribution in [2.75, 3.05) is 0 Å². The normalized spacial score (nSPS) is 11.1. The summed E-state index contributed by atoms with van der Waals surface area (Å²) in [6, 6.07) is 0. The van der Waals surface area contributed by atoms with Gasteiger partial charge in [-0.15, -0.1) is 0 Å². The molecular weight excluding hydrogens is 168 g/mol. The van der Waals surface area contributed by atoms with Crippen LogP contribution in [-0.4, -0.2) is 0 Å². The molecule has 0 aliphatic carbocycles. The van der Waals surface area contributed by atoms with E-state index in [1.165, 1.54) is 0 Å². The molecule has 0 aliphatic rings. The second kappa shape index (κ2) is 7.81. The first kappa shape index (κ1) is 12.2. The standard InChI is InChI=1S/C14H16/c1-5-7-10-14(4)12-9-8-11-13(3)6-2/h5-12H,1-4H2/b10-7-,11-8-,12-9-. The Morgan fingerprint density at radius 3 is 1.71 bits per heavy atom. The zero-order valence-electron chi connectivity index (χ0n) is 8.45. The topological polar surface area (TPSA) is 0 Å². The molecule has 0 radical (unpaired) electrons. The third-order valence-corrected chi connectivity index (χ3v) is 1.44. The first-order valence-electron chi connectivity index (χ1n) is 4.34. The summed E-state index contributed by atoms with van der Waals surface area (Å²) in [5.74, 6) is 0. The van der Waals surface area contributed by atoms with Crippen LogP contribution in [0, 0.1) is 0 Å². The lowest BCUT2D eigenvalue weighted by Gasteiger charge is -1.86. The Labute approximate surface area is 86.7 Å². The van der Waals surface area contributed by atoms with Crippen LogP contribution in [0.4, 0.5) is 0 Å². The number of rotatable bonds is 6. The lowest BCUT2D eigenvalue weighted by molar-refractivity contribution is 1.70. The fraction of sp³-hybridized carbons (Fsp3) is 0. The maximum atomic E-state index is 3.83. The number of hydrogen-bond donors (Lipinski definition) is 0. The van der Waals surface area contributed by atoms with Crippen LogP contribution in [0.25, 0.3) is 0 Å². The van der Waals surface area contributed by atoms with E-state index in [1.54, 1.807) is 12.2 Å². The zero-order valence-corrected chi connectivity index (χ0v) is 8.45. The van der Waals surface area contributed by atoms with Crippen LogP contribution in [0.2, 0.25) is 0 Å². The molecule has 14 heavy (non-hydrogen) atoms. The molecule has 0 N–H and O–H groups in total. The SMILES string of the molecule is C=C/C=C\C(=C)/C=C\C=C/C(=C)C=C. The molecule has 0 saturated heterocycles. The minimum absolute atomic E-state index is 0.891. The maximum absolute atomic E-state index is 3.83. The van der Waals surface area contributed by atoms with Gasteiger partial charge in [0.1, 0.15) is 0 Å². The van der Waals surface area contributed by atoms with Crippen molar-refractivity contribution in [1.82, 2.24) is 0 Å². The molecule has 0 heterocycles. The van der Waals surface area contributed by atoms with Crippen molar-refractivity contribution >= 4 is 0 Å². The summed E-state index contributed by atoms with van der Waals surface area (Å²) < 4.78 is 0. The molecule has 0 rings (SSSR count). The summed E-state index contributed by atoms with van der Waals surface area (Å²) in [6.07, 6.45) is 14.8. The highest BCUT2D eigenvalue weighted by Crippen LogP contribution is 1.97. The molecule has 0 nitrogen and oxygen atoms in total. The van der Waals surface area contributed by atoms with Gasteiger partial charge in [-0.3, -0.25) is 0 Å². The van der Waals surface area contributed by atoms with E-state index in [0.29, 0.717) is 0 Å². The summed E-state index contributed by atoms with van der Waals surface area (Å²) in [7, 11) is 0. The Kier molecular flexibility index (Phi) is 6.79. The van der Waals surface area contributed by atoms with Gasteiger partial charge >= 0.3 is 0 Å². The number of hydrogen-bond acceptors (Lipinski definition) is 0. The summed E-state index contributed by atoms with van der Waals surface area (Å²) in [6.45, 7) is 14.8. The first-order chi connectivity index (χ1) is 6.70. The van der Waals surface area contributed by atoms with Crippen LogP contribution in [0.3, 0.4) is 0 Å². The van der Waals surface area contributed by atoms with Crippen molar-refractivity contribution in [2.45, 2.75) is 0 Å². The van der Waals surface area contributed by atoms with E-state index < -0.39 is 0 Å². The Balaban J connectivity index is 4.06. The van der Waals surface area contributed by atoms with Gasteiger partial charge < -0.3 is 0 Å². The largest absolute Gasteiger partial charge is 0.0991 e. The molecule has 0 atom stereocenters. The molecule has 0 spiro atoms. The quantitative estimate of drug-likeness (QED) is 0.544. The molecule has 72 valence electrons. The smallest absolute Gasteiger partial charge is 0.0329 e. The summed E-state index contributed by atoms with van der Waals surface area (Å²) in [4.78, 5) is 0. The highest BCUT2D eigenvalue weighted by atomic mass is 13.8. The summed E-state index contributed by atoms with van der Waals surface area (Å²) in [5.41, 5.74) is 1.82. The summed E-state index contributed by atoms with van der Waals surface area (Å²) in [5, 5.41) is 0. The number of allylic oxidation sites excluding steroid dienone is 10. The van der Waals surface area contributed by atoms with Gasteiger partial charge in [-0.25, -0.2) is 0 Å². The fourth-order valence-electron chi connectivity index (χ4n) is 0.674. The second-order valence-electron chi connectivity index (χ2n) is 2.67. The summed E-state index contributed by atoms with van der Waals surface area (Å²) >= 11 is 0. The average molecular weight is 184 g/mol. The predicted molar refractivity (Wildman–Crippen MR) is 66.1 cm³/mol. The molecule has 0 unspecified atom stereocenters. The molecule has 0 aromatic heterocycles. The third-order valence-electron chi connectivity index (χ3n) is 1.44. The van der Waals surface area contributed by atoms with Crippen molar-refractivity contribution in [1.29, 1.82) is 0 Å². The van der Waals surface area contributed by atoms with E-state index in [4.69, 9.17) is 0 Å². The minimum Gasteiger partial charge on any atom is -0.0991 e. The lowest BCUT2D eigenvalue weighted by Crippen LogP contribution is -1.65. The fourth-order valence-corrected chi connectivity index (χ4v) is 0.674. The second-order valence-corrected chi connectivity index (χ2v) is 2.67. The molecule has 0 fully saturated rings. The van der Waals surface area contributed by atoms with Gasteiger partial charge in [0, 0.05) is 0 Å². The molecule has 0 aromatic rings. The third kappa shape index (κ3) is 6.86. The Hall–Kier alpha value is -1.82. The molecular formula is C14H16. The van der Waals surface area contributed by atoms with Gasteiger partial charge in [-0.1, -0.05) is 74.9 Å². The Bertz CT molecular complexity index is 309. The molecule has 0 saturated carbocycles. The van der Waals surface area contributed by atoms with Gasteiger partial charge in [-0.05, 0) is 11.1 Å². The van der Waals surface area contributed by atoms with Gasteiger partial charge in [0.2, 0.25) is 0 Å². The highest BCUT2D eigenvalue weighted by Gasteiger charge is 1.77. The molecule has 0 bridgehead atoms. The van der Waals surface area contributed by atoms with E-state index in [-0.39, 0.29) is 0 Å². The van der Waals surface area contributed by atoms with E-state index in [1.807, 2.05) is 36.5 Å². The molecule has 0 amide bonds. The van der Waals surface area contributed by atoms with Crippen LogP contribution >= 0.6 is 0 Å². The maximum Gasteiger partial charge on any atom is -0.0329 e. The van der Waals surface area contributed by atoms with Gasteiger partial charge in [0.05, 0.1) is 0 Å². The van der Waals surface area contributed by atoms with Crippen LogP contribution in [0.5, 0.6) is 0 Å². The molecule has 0 aromatic carbocycles. The van der Waals surface area contributed by atoms with Gasteiger partial charge in [0.25, 0.3) is 0 Å². The van der Waals surface area contributed by atoms with Crippen molar-refractivity contribution in [3.05, 3.63) is 86.1 Å². The average Bonchev–Trinajstić information content (AvgIpc) is 2.21.